The average Bonchev–Trinajstić information content (AvgIpc) is 2.24. The van der Waals surface area contributed by atoms with Crippen LogP contribution >= 0.6 is 0 Å². The van der Waals surface area contributed by atoms with Gasteiger partial charge in [0, 0.05) is 0 Å². The summed E-state index contributed by atoms with van der Waals surface area (Å²) in [6.45, 7) is 3.32. The van der Waals surface area contributed by atoms with Gasteiger partial charge in [-0.2, -0.15) is 0 Å². The molecule has 0 aliphatic rings. The van der Waals surface area contributed by atoms with Crippen molar-refractivity contribution >= 4 is 11.8 Å². The Kier molecular flexibility index (Phi) is 7.16. The predicted octanol–water partition coefficient (Wildman–Crippen LogP) is 1.81. The normalized spacial score (nSPS) is 14.8. The molecule has 0 spiro atoms. The molecule has 0 aromatic rings. The zero-order valence-corrected chi connectivity index (χ0v) is 10.00. The molecule has 1 atom stereocenters. The molecule has 0 aromatic heterocycles. The van der Waals surface area contributed by atoms with Crippen LogP contribution in [0.5, 0.6) is 0 Å². The van der Waals surface area contributed by atoms with Crippen LogP contribution in [0.15, 0.2) is 16.9 Å². The molecule has 16 heavy (non-hydrogen) atoms. The van der Waals surface area contributed by atoms with Crippen LogP contribution in [0.25, 0.3) is 0 Å². The third kappa shape index (κ3) is 6.98. The van der Waals surface area contributed by atoms with Crippen molar-refractivity contribution < 1.29 is 13.9 Å². The van der Waals surface area contributed by atoms with Crippen molar-refractivity contribution in [1.29, 1.82) is 0 Å². The topological polar surface area (TPSA) is 64.7 Å². The number of hydrogen-bond donors (Lipinski definition) is 1. The van der Waals surface area contributed by atoms with Crippen molar-refractivity contribution in [1.82, 2.24) is 0 Å². The fourth-order valence-corrected chi connectivity index (χ4v) is 1.07. The molecule has 0 aliphatic heterocycles. The zero-order chi connectivity index (χ0) is 12.6. The Hall–Kier alpha value is -1.39. The molecule has 0 aromatic carbocycles. The van der Waals surface area contributed by atoms with E-state index in [1.54, 1.807) is 13.8 Å². The number of carbonyl (C=O) groups is 1. The molecule has 2 N–H and O–H groups in total. The Balaban J connectivity index is 3.91. The smallest absolute Gasteiger partial charge is 0.308 e. The number of ether oxygens (including phenoxy) is 1. The summed E-state index contributed by atoms with van der Waals surface area (Å²) in [6, 6.07) is 0. The van der Waals surface area contributed by atoms with Gasteiger partial charge in [-0.3, -0.25) is 9.79 Å². The van der Waals surface area contributed by atoms with Gasteiger partial charge in [-0.1, -0.05) is 13.0 Å². The molecular weight excluding hydrogens is 211 g/mol. The van der Waals surface area contributed by atoms with E-state index in [1.165, 1.54) is 13.2 Å². The van der Waals surface area contributed by atoms with Gasteiger partial charge in [0.15, 0.2) is 0 Å². The van der Waals surface area contributed by atoms with E-state index < -0.39 is 0 Å². The fourth-order valence-electron chi connectivity index (χ4n) is 1.07. The predicted molar refractivity (Wildman–Crippen MR) is 61.8 cm³/mol. The summed E-state index contributed by atoms with van der Waals surface area (Å²) in [5.41, 5.74) is 5.27. The van der Waals surface area contributed by atoms with Gasteiger partial charge in [0.1, 0.15) is 5.83 Å². The highest BCUT2D eigenvalue weighted by atomic mass is 19.1. The van der Waals surface area contributed by atoms with Gasteiger partial charge >= 0.3 is 5.97 Å². The van der Waals surface area contributed by atoms with Crippen molar-refractivity contribution in [2.75, 3.05) is 13.7 Å². The minimum atomic E-state index is -0.332. The van der Waals surface area contributed by atoms with Crippen molar-refractivity contribution in [2.45, 2.75) is 26.7 Å². The number of aliphatic imine (C=N–C) groups is 1. The molecule has 0 aliphatic carbocycles. The van der Waals surface area contributed by atoms with E-state index in [2.05, 4.69) is 9.73 Å². The second kappa shape index (κ2) is 7.84. The number of amidine groups is 1. The first kappa shape index (κ1) is 14.6. The SMILES string of the molecule is COC(=O)[C@@H](C)CC/C=C(\F)CN=C(C)N. The van der Waals surface area contributed by atoms with Crippen LogP contribution in [0.4, 0.5) is 4.39 Å². The summed E-state index contributed by atoms with van der Waals surface area (Å²) >= 11 is 0. The number of methoxy groups -OCH3 is 1. The summed E-state index contributed by atoms with van der Waals surface area (Å²) in [5.74, 6) is -0.466. The molecule has 0 saturated carbocycles. The Labute approximate surface area is 95.4 Å². The van der Waals surface area contributed by atoms with Crippen molar-refractivity contribution in [3.8, 4) is 0 Å². The Morgan fingerprint density at radius 2 is 2.25 bits per heavy atom. The largest absolute Gasteiger partial charge is 0.469 e. The Morgan fingerprint density at radius 3 is 2.75 bits per heavy atom. The number of esters is 1. The van der Waals surface area contributed by atoms with Gasteiger partial charge in [0.05, 0.1) is 25.4 Å². The Bertz CT molecular complexity index is 284. The summed E-state index contributed by atoms with van der Waals surface area (Å²) in [6.07, 6.45) is 2.47. The first-order valence-corrected chi connectivity index (χ1v) is 5.16. The van der Waals surface area contributed by atoms with E-state index in [0.717, 1.165) is 0 Å². The molecule has 5 heteroatoms. The number of allylic oxidation sites excluding steroid dienone is 1. The molecule has 0 saturated heterocycles. The van der Waals surface area contributed by atoms with E-state index in [9.17, 15) is 9.18 Å². The standard InChI is InChI=1S/C11H19FN2O2/c1-8(11(15)16-3)5-4-6-10(12)7-14-9(2)13/h6,8H,4-5,7H2,1-3H3,(H2,13,14)/b10-6-/t8-/m0/s1. The van der Waals surface area contributed by atoms with Crippen LogP contribution in [0.2, 0.25) is 0 Å². The van der Waals surface area contributed by atoms with E-state index in [4.69, 9.17) is 5.73 Å². The van der Waals surface area contributed by atoms with Gasteiger partial charge in [-0.15, -0.1) is 0 Å². The van der Waals surface area contributed by atoms with Crippen molar-refractivity contribution in [2.24, 2.45) is 16.6 Å². The summed E-state index contributed by atoms with van der Waals surface area (Å²) in [7, 11) is 1.34. The summed E-state index contributed by atoms with van der Waals surface area (Å²) in [4.78, 5) is 14.8. The summed E-state index contributed by atoms with van der Waals surface area (Å²) < 4.78 is 17.6. The molecule has 0 unspecified atom stereocenters. The van der Waals surface area contributed by atoms with E-state index >= 15 is 0 Å². The number of hydrogen-bond acceptors (Lipinski definition) is 3. The van der Waals surface area contributed by atoms with E-state index in [0.29, 0.717) is 18.7 Å². The first-order chi connectivity index (χ1) is 7.47. The number of carbonyl (C=O) groups excluding carboxylic acids is 1. The number of halogens is 1. The maximum Gasteiger partial charge on any atom is 0.308 e. The maximum atomic E-state index is 13.1. The van der Waals surface area contributed by atoms with Crippen LogP contribution in [-0.2, 0) is 9.53 Å². The summed E-state index contributed by atoms with van der Waals surface area (Å²) in [5, 5.41) is 0. The second-order valence-corrected chi connectivity index (χ2v) is 3.61. The molecule has 0 radical (unpaired) electrons. The number of nitrogens with zero attached hydrogens (tertiary/aromatic N) is 1. The maximum absolute atomic E-state index is 13.1. The van der Waals surface area contributed by atoms with Gasteiger partial charge in [0.25, 0.3) is 0 Å². The van der Waals surface area contributed by atoms with Gasteiger partial charge in [-0.05, 0) is 19.8 Å². The van der Waals surface area contributed by atoms with Crippen LogP contribution < -0.4 is 5.73 Å². The third-order valence-corrected chi connectivity index (χ3v) is 2.05. The molecule has 92 valence electrons. The van der Waals surface area contributed by atoms with Crippen LogP contribution in [0.1, 0.15) is 26.7 Å². The highest BCUT2D eigenvalue weighted by molar-refractivity contribution is 5.77. The van der Waals surface area contributed by atoms with Crippen LogP contribution in [0, 0.1) is 5.92 Å². The molecule has 4 nitrogen and oxygen atoms in total. The van der Waals surface area contributed by atoms with E-state index in [-0.39, 0.29) is 24.3 Å². The highest BCUT2D eigenvalue weighted by Crippen LogP contribution is 2.10. The molecular formula is C11H19FN2O2. The van der Waals surface area contributed by atoms with Crippen LogP contribution in [0.3, 0.4) is 0 Å². The monoisotopic (exact) mass is 230 g/mol. The highest BCUT2D eigenvalue weighted by Gasteiger charge is 2.11. The van der Waals surface area contributed by atoms with Crippen molar-refractivity contribution in [3.05, 3.63) is 11.9 Å². The zero-order valence-electron chi connectivity index (χ0n) is 10.00. The molecule has 0 rings (SSSR count). The molecule has 0 heterocycles. The first-order valence-electron chi connectivity index (χ1n) is 5.16. The molecule has 0 amide bonds. The van der Waals surface area contributed by atoms with Gasteiger partial charge < -0.3 is 10.5 Å². The molecule has 0 fully saturated rings. The fraction of sp³-hybridized carbons (Fsp3) is 0.636. The van der Waals surface area contributed by atoms with Crippen molar-refractivity contribution in [3.63, 3.8) is 0 Å². The van der Waals surface area contributed by atoms with E-state index in [1.807, 2.05) is 0 Å². The number of rotatable bonds is 6. The lowest BCUT2D eigenvalue weighted by Gasteiger charge is -2.06. The minimum absolute atomic E-state index is 0.0328. The van der Waals surface area contributed by atoms with Crippen LogP contribution in [-0.4, -0.2) is 25.5 Å². The Morgan fingerprint density at radius 1 is 1.62 bits per heavy atom. The quantitative estimate of drug-likeness (QED) is 0.430. The van der Waals surface area contributed by atoms with Gasteiger partial charge in [0.2, 0.25) is 0 Å². The molecule has 0 bridgehead atoms. The lowest BCUT2D eigenvalue weighted by molar-refractivity contribution is -0.144. The lowest BCUT2D eigenvalue weighted by atomic mass is 10.1. The third-order valence-electron chi connectivity index (χ3n) is 2.05. The number of nitrogens with two attached hydrogens (primary N) is 1. The second-order valence-electron chi connectivity index (χ2n) is 3.61. The minimum Gasteiger partial charge on any atom is -0.469 e. The average molecular weight is 230 g/mol. The van der Waals surface area contributed by atoms with Gasteiger partial charge in [-0.25, -0.2) is 4.39 Å². The lowest BCUT2D eigenvalue weighted by Crippen LogP contribution is -2.12.